The number of nitrogens with two attached hydrogens (primary N) is 1. The van der Waals surface area contributed by atoms with Gasteiger partial charge in [-0.25, -0.2) is 4.98 Å². The average Bonchev–Trinajstić information content (AvgIpc) is 2.73. The van der Waals surface area contributed by atoms with E-state index in [4.69, 9.17) is 24.7 Å². The van der Waals surface area contributed by atoms with E-state index in [9.17, 15) is 0 Å². The molecule has 0 atom stereocenters. The Balaban J connectivity index is 1.75. The van der Waals surface area contributed by atoms with Crippen molar-refractivity contribution in [3.05, 3.63) is 30.5 Å². The van der Waals surface area contributed by atoms with Crippen molar-refractivity contribution < 1.29 is 18.9 Å². The van der Waals surface area contributed by atoms with Crippen LogP contribution in [0.15, 0.2) is 30.5 Å². The molecule has 3 aromatic rings. The van der Waals surface area contributed by atoms with Crippen molar-refractivity contribution in [1.29, 1.82) is 0 Å². The number of nitrogen functional groups attached to an aromatic ring is 1. The highest BCUT2D eigenvalue weighted by molar-refractivity contribution is 5.86. The summed E-state index contributed by atoms with van der Waals surface area (Å²) in [6.07, 6.45) is 3.41. The number of aromatic nitrogens is 3. The number of hydrogen-bond donors (Lipinski definition) is 1. The lowest BCUT2D eigenvalue weighted by atomic mass is 10.1. The molecular formula is C20H22N4O4. The number of nitrogens with zero attached hydrogens (tertiary/aromatic N) is 3. The zero-order chi connectivity index (χ0) is 19.5. The van der Waals surface area contributed by atoms with Gasteiger partial charge in [-0.05, 0) is 23.8 Å². The molecule has 1 aromatic carbocycles. The molecule has 1 aliphatic rings. The Bertz CT molecular complexity index is 989. The van der Waals surface area contributed by atoms with Crippen LogP contribution in [0.2, 0.25) is 0 Å². The molecule has 0 spiro atoms. The van der Waals surface area contributed by atoms with E-state index in [0.29, 0.717) is 41.6 Å². The van der Waals surface area contributed by atoms with E-state index < -0.39 is 0 Å². The second kappa shape index (κ2) is 7.85. The average molecular weight is 382 g/mol. The van der Waals surface area contributed by atoms with Gasteiger partial charge in [0.15, 0.2) is 17.1 Å². The van der Waals surface area contributed by atoms with E-state index in [1.54, 1.807) is 20.4 Å². The number of anilines is 1. The minimum absolute atomic E-state index is 0.0380. The van der Waals surface area contributed by atoms with Crippen molar-refractivity contribution in [3.63, 3.8) is 0 Å². The number of pyridine rings is 1. The van der Waals surface area contributed by atoms with Crippen LogP contribution >= 0.6 is 0 Å². The van der Waals surface area contributed by atoms with E-state index >= 15 is 0 Å². The molecule has 4 rings (SSSR count). The van der Waals surface area contributed by atoms with Gasteiger partial charge >= 0.3 is 0 Å². The fourth-order valence-corrected chi connectivity index (χ4v) is 3.22. The van der Waals surface area contributed by atoms with Crippen molar-refractivity contribution in [1.82, 2.24) is 15.0 Å². The van der Waals surface area contributed by atoms with Crippen LogP contribution in [0.5, 0.6) is 17.4 Å². The molecule has 2 N–H and O–H groups in total. The Labute approximate surface area is 162 Å². The summed E-state index contributed by atoms with van der Waals surface area (Å²) in [5, 5.41) is 0.716. The molecule has 1 aliphatic heterocycles. The van der Waals surface area contributed by atoms with E-state index in [0.717, 1.165) is 24.0 Å². The topological polar surface area (TPSA) is 102 Å². The Morgan fingerprint density at radius 2 is 1.79 bits per heavy atom. The fraction of sp³-hybridized carbons (Fsp3) is 0.350. The third-order valence-electron chi connectivity index (χ3n) is 4.70. The summed E-state index contributed by atoms with van der Waals surface area (Å²) >= 11 is 0. The molecule has 146 valence electrons. The summed E-state index contributed by atoms with van der Waals surface area (Å²) in [6.45, 7) is 1.36. The van der Waals surface area contributed by atoms with E-state index in [-0.39, 0.29) is 12.1 Å². The van der Waals surface area contributed by atoms with Crippen LogP contribution in [0.1, 0.15) is 12.8 Å². The maximum absolute atomic E-state index is 6.13. The lowest BCUT2D eigenvalue weighted by Gasteiger charge is -2.23. The van der Waals surface area contributed by atoms with Crippen LogP contribution in [0.3, 0.4) is 0 Å². The first-order valence-electron chi connectivity index (χ1n) is 9.08. The first kappa shape index (κ1) is 18.2. The van der Waals surface area contributed by atoms with Gasteiger partial charge in [0.2, 0.25) is 11.8 Å². The van der Waals surface area contributed by atoms with Gasteiger partial charge in [0.25, 0.3) is 0 Å². The van der Waals surface area contributed by atoms with Gasteiger partial charge in [-0.3, -0.25) is 0 Å². The van der Waals surface area contributed by atoms with Gasteiger partial charge in [0.1, 0.15) is 6.10 Å². The summed E-state index contributed by atoms with van der Waals surface area (Å²) in [6, 6.07) is 7.66. The van der Waals surface area contributed by atoms with Crippen LogP contribution < -0.4 is 19.9 Å². The summed E-state index contributed by atoms with van der Waals surface area (Å²) in [4.78, 5) is 13.0. The van der Waals surface area contributed by atoms with Crippen molar-refractivity contribution in [2.75, 3.05) is 33.2 Å². The molecule has 2 aromatic heterocycles. The summed E-state index contributed by atoms with van der Waals surface area (Å²) in [5.41, 5.74) is 8.17. The SMILES string of the molecule is COc1ccc(-c2cnc3nc(N)nc(OC4CCOCC4)c3c2)cc1OC. The Morgan fingerprint density at radius 1 is 1.00 bits per heavy atom. The van der Waals surface area contributed by atoms with Crippen molar-refractivity contribution in [2.45, 2.75) is 18.9 Å². The molecule has 8 heteroatoms. The highest BCUT2D eigenvalue weighted by Gasteiger charge is 2.19. The summed E-state index contributed by atoms with van der Waals surface area (Å²) in [5.74, 6) is 1.90. The van der Waals surface area contributed by atoms with Crippen LogP contribution in [0.25, 0.3) is 22.2 Å². The molecule has 8 nitrogen and oxygen atoms in total. The molecule has 0 saturated carbocycles. The normalized spacial score (nSPS) is 14.8. The predicted octanol–water partition coefficient (Wildman–Crippen LogP) is 2.85. The lowest BCUT2D eigenvalue weighted by molar-refractivity contribution is 0.0244. The molecule has 28 heavy (non-hydrogen) atoms. The van der Waals surface area contributed by atoms with Gasteiger partial charge in [-0.15, -0.1) is 0 Å². The molecule has 3 heterocycles. The van der Waals surface area contributed by atoms with E-state index in [1.165, 1.54) is 0 Å². The molecular weight excluding hydrogens is 360 g/mol. The second-order valence-electron chi connectivity index (χ2n) is 6.48. The molecule has 0 radical (unpaired) electrons. The van der Waals surface area contributed by atoms with Crippen LogP contribution in [-0.4, -0.2) is 48.5 Å². The minimum atomic E-state index is 0.0380. The van der Waals surface area contributed by atoms with Crippen molar-refractivity contribution >= 4 is 17.0 Å². The Hall–Kier alpha value is -3.13. The maximum Gasteiger partial charge on any atom is 0.228 e. The Morgan fingerprint density at radius 3 is 2.54 bits per heavy atom. The number of hydrogen-bond acceptors (Lipinski definition) is 8. The summed E-state index contributed by atoms with van der Waals surface area (Å²) < 4.78 is 22.2. The van der Waals surface area contributed by atoms with Gasteiger partial charge in [0, 0.05) is 24.6 Å². The maximum atomic E-state index is 6.13. The third-order valence-corrected chi connectivity index (χ3v) is 4.70. The van der Waals surface area contributed by atoms with Gasteiger partial charge in [-0.2, -0.15) is 9.97 Å². The van der Waals surface area contributed by atoms with Gasteiger partial charge in [0.05, 0.1) is 32.8 Å². The van der Waals surface area contributed by atoms with Crippen LogP contribution in [-0.2, 0) is 4.74 Å². The first-order chi connectivity index (χ1) is 13.7. The third kappa shape index (κ3) is 3.63. The van der Waals surface area contributed by atoms with Crippen molar-refractivity contribution in [2.24, 2.45) is 0 Å². The number of benzene rings is 1. The molecule has 0 aliphatic carbocycles. The number of fused-ring (bicyclic) bond motifs is 1. The van der Waals surface area contributed by atoms with Gasteiger partial charge in [-0.1, -0.05) is 6.07 Å². The number of ether oxygens (including phenoxy) is 4. The molecule has 1 saturated heterocycles. The number of rotatable bonds is 5. The zero-order valence-electron chi connectivity index (χ0n) is 15.8. The molecule has 0 amide bonds. The minimum Gasteiger partial charge on any atom is -0.493 e. The monoisotopic (exact) mass is 382 g/mol. The Kier molecular flexibility index (Phi) is 5.12. The predicted molar refractivity (Wildman–Crippen MR) is 105 cm³/mol. The first-order valence-corrected chi connectivity index (χ1v) is 9.08. The molecule has 0 bridgehead atoms. The standard InChI is InChI=1S/C20H22N4O4/c1-25-16-4-3-12(10-17(16)26-2)13-9-15-18(22-11-13)23-20(21)24-19(15)28-14-5-7-27-8-6-14/h3-4,9-11,14H,5-8H2,1-2H3,(H2,21,22,23,24). The largest absolute Gasteiger partial charge is 0.493 e. The second-order valence-corrected chi connectivity index (χ2v) is 6.48. The van der Waals surface area contributed by atoms with E-state index in [2.05, 4.69) is 15.0 Å². The zero-order valence-corrected chi connectivity index (χ0v) is 15.8. The highest BCUT2D eigenvalue weighted by Crippen LogP contribution is 2.34. The van der Waals surface area contributed by atoms with Crippen LogP contribution in [0.4, 0.5) is 5.95 Å². The van der Waals surface area contributed by atoms with E-state index in [1.807, 2.05) is 24.3 Å². The molecule has 0 unspecified atom stereocenters. The van der Waals surface area contributed by atoms with Gasteiger partial charge < -0.3 is 24.7 Å². The molecule has 1 fully saturated rings. The quantitative estimate of drug-likeness (QED) is 0.719. The highest BCUT2D eigenvalue weighted by atomic mass is 16.5. The van der Waals surface area contributed by atoms with Crippen LogP contribution in [0, 0.1) is 0 Å². The fourth-order valence-electron chi connectivity index (χ4n) is 3.22. The smallest absolute Gasteiger partial charge is 0.228 e. The van der Waals surface area contributed by atoms with Crippen molar-refractivity contribution in [3.8, 4) is 28.5 Å². The summed E-state index contributed by atoms with van der Waals surface area (Å²) in [7, 11) is 3.22. The lowest BCUT2D eigenvalue weighted by Crippen LogP contribution is -2.26. The number of methoxy groups -OCH3 is 2.